The summed E-state index contributed by atoms with van der Waals surface area (Å²) in [7, 11) is -0.440. The first-order valence-corrected chi connectivity index (χ1v) is 6.06. The normalized spacial score (nSPS) is 9.95. The molecule has 6 heteroatoms. The van der Waals surface area contributed by atoms with E-state index >= 15 is 0 Å². The molecule has 0 aliphatic heterocycles. The van der Waals surface area contributed by atoms with Crippen LogP contribution in [0.1, 0.15) is 5.56 Å². The zero-order valence-electron chi connectivity index (χ0n) is 11.0. The van der Waals surface area contributed by atoms with Gasteiger partial charge < -0.3 is 24.2 Å². The Balaban J connectivity index is 2.08. The number of hydrogen-bond donors (Lipinski definition) is 2. The second-order valence-electron chi connectivity index (χ2n) is 4.03. The third-order valence-electron chi connectivity index (χ3n) is 2.62. The average Bonchev–Trinajstić information content (AvgIpc) is 2.46. The van der Waals surface area contributed by atoms with Crippen molar-refractivity contribution in [3.05, 3.63) is 54.1 Å². The molecule has 0 unspecified atom stereocenters. The zero-order chi connectivity index (χ0) is 14.4. The molecular formula is C14H15BO5. The molecule has 0 aliphatic carbocycles. The Morgan fingerprint density at radius 1 is 1.00 bits per heavy atom. The van der Waals surface area contributed by atoms with E-state index in [2.05, 4.69) is 0 Å². The highest BCUT2D eigenvalue weighted by molar-refractivity contribution is 6.33. The third kappa shape index (κ3) is 3.91. The van der Waals surface area contributed by atoms with Gasteiger partial charge in [-0.3, -0.25) is 0 Å². The van der Waals surface area contributed by atoms with Gasteiger partial charge in [-0.05, 0) is 17.7 Å². The fourth-order valence-corrected chi connectivity index (χ4v) is 1.69. The summed E-state index contributed by atoms with van der Waals surface area (Å²) in [6.07, 6.45) is 0. The van der Waals surface area contributed by atoms with Gasteiger partial charge in [0.05, 0.1) is 7.11 Å². The lowest BCUT2D eigenvalue weighted by Gasteiger charge is -2.12. The van der Waals surface area contributed by atoms with Gasteiger partial charge in [0.15, 0.2) is 5.75 Å². The van der Waals surface area contributed by atoms with Crippen molar-refractivity contribution in [2.45, 2.75) is 6.61 Å². The highest BCUT2D eigenvalue weighted by Crippen LogP contribution is 2.31. The minimum absolute atomic E-state index is 0.202. The molecule has 2 aromatic rings. The van der Waals surface area contributed by atoms with Crippen molar-refractivity contribution in [2.24, 2.45) is 0 Å². The van der Waals surface area contributed by atoms with Gasteiger partial charge in [0, 0.05) is 6.07 Å². The van der Waals surface area contributed by atoms with Crippen molar-refractivity contribution in [3.8, 4) is 17.2 Å². The van der Waals surface area contributed by atoms with Gasteiger partial charge in [-0.15, -0.1) is 0 Å². The van der Waals surface area contributed by atoms with E-state index in [0.717, 1.165) is 5.56 Å². The summed E-state index contributed by atoms with van der Waals surface area (Å²) < 4.78 is 15.5. The minimum Gasteiger partial charge on any atom is -0.509 e. The van der Waals surface area contributed by atoms with Crippen molar-refractivity contribution in [1.29, 1.82) is 0 Å². The average molecular weight is 274 g/mol. The highest BCUT2D eigenvalue weighted by atomic mass is 16.6. The van der Waals surface area contributed by atoms with E-state index in [4.69, 9.17) is 24.2 Å². The third-order valence-corrected chi connectivity index (χ3v) is 2.62. The Bertz CT molecular complexity index is 545. The predicted molar refractivity (Wildman–Crippen MR) is 74.6 cm³/mol. The molecule has 0 atom stereocenters. The summed E-state index contributed by atoms with van der Waals surface area (Å²) in [6.45, 7) is 0.411. The fraction of sp³-hybridized carbons (Fsp3) is 0.143. The summed E-state index contributed by atoms with van der Waals surface area (Å²) in [4.78, 5) is 0. The smallest absolute Gasteiger partial charge is 0.509 e. The van der Waals surface area contributed by atoms with Crippen LogP contribution in [0.4, 0.5) is 0 Å². The van der Waals surface area contributed by atoms with E-state index < -0.39 is 7.32 Å². The van der Waals surface area contributed by atoms with Gasteiger partial charge in [0.1, 0.15) is 18.1 Å². The first kappa shape index (κ1) is 14.2. The van der Waals surface area contributed by atoms with E-state index in [0.29, 0.717) is 18.1 Å². The van der Waals surface area contributed by atoms with Crippen LogP contribution in [0.2, 0.25) is 0 Å². The molecule has 0 amide bonds. The van der Waals surface area contributed by atoms with Crippen LogP contribution in [-0.2, 0) is 6.61 Å². The topological polar surface area (TPSA) is 68.2 Å². The Hall–Kier alpha value is -2.18. The zero-order valence-corrected chi connectivity index (χ0v) is 11.0. The van der Waals surface area contributed by atoms with Gasteiger partial charge in [0.2, 0.25) is 0 Å². The molecule has 104 valence electrons. The summed E-state index contributed by atoms with van der Waals surface area (Å²) in [5, 5.41) is 17.7. The molecule has 2 aromatic carbocycles. The maximum atomic E-state index is 8.86. The van der Waals surface area contributed by atoms with E-state index in [1.165, 1.54) is 7.11 Å². The van der Waals surface area contributed by atoms with Crippen LogP contribution in [0.15, 0.2) is 48.5 Å². The summed E-state index contributed by atoms with van der Waals surface area (Å²) in [5.41, 5.74) is 1.04. The number of ether oxygens (including phenoxy) is 2. The molecule has 0 heterocycles. The van der Waals surface area contributed by atoms with Gasteiger partial charge in [-0.2, -0.15) is 0 Å². The quantitative estimate of drug-likeness (QED) is 0.783. The Kier molecular flexibility index (Phi) is 4.87. The monoisotopic (exact) mass is 274 g/mol. The second kappa shape index (κ2) is 6.84. The van der Waals surface area contributed by atoms with Gasteiger partial charge >= 0.3 is 7.32 Å². The summed E-state index contributed by atoms with van der Waals surface area (Å²) in [6, 6.07) is 14.6. The second-order valence-corrected chi connectivity index (χ2v) is 4.03. The van der Waals surface area contributed by atoms with Crippen molar-refractivity contribution >= 4 is 7.32 Å². The molecule has 0 radical (unpaired) electrons. The van der Waals surface area contributed by atoms with Crippen LogP contribution in [-0.4, -0.2) is 24.5 Å². The van der Waals surface area contributed by atoms with E-state index in [-0.39, 0.29) is 5.75 Å². The number of methoxy groups -OCH3 is 1. The molecular weight excluding hydrogens is 259 g/mol. The molecule has 2 rings (SSSR count). The van der Waals surface area contributed by atoms with Crippen molar-refractivity contribution < 1.29 is 24.2 Å². The Morgan fingerprint density at radius 3 is 2.40 bits per heavy atom. The van der Waals surface area contributed by atoms with Gasteiger partial charge in [0.25, 0.3) is 0 Å². The molecule has 0 fully saturated rings. The largest absolute Gasteiger partial charge is 0.707 e. The van der Waals surface area contributed by atoms with Crippen LogP contribution < -0.4 is 14.1 Å². The lowest BCUT2D eigenvalue weighted by Crippen LogP contribution is -2.20. The van der Waals surface area contributed by atoms with E-state index in [9.17, 15) is 0 Å². The number of hydrogen-bond acceptors (Lipinski definition) is 5. The summed E-state index contributed by atoms with van der Waals surface area (Å²) in [5.74, 6) is 1.14. The molecule has 5 nitrogen and oxygen atoms in total. The van der Waals surface area contributed by atoms with Crippen molar-refractivity contribution in [2.75, 3.05) is 7.11 Å². The van der Waals surface area contributed by atoms with Crippen molar-refractivity contribution in [3.63, 3.8) is 0 Å². The van der Waals surface area contributed by atoms with Crippen LogP contribution in [0.5, 0.6) is 17.2 Å². The standard InChI is InChI=1S/C14H15BO5/c1-18-13-8-7-12(9-14(13)20-15(16)17)19-10-11-5-3-2-4-6-11/h2-9,16-17H,10H2,1H3. The van der Waals surface area contributed by atoms with Gasteiger partial charge in [-0.1, -0.05) is 30.3 Å². The minimum atomic E-state index is -1.91. The van der Waals surface area contributed by atoms with E-state index in [1.807, 2.05) is 30.3 Å². The Morgan fingerprint density at radius 2 is 1.75 bits per heavy atom. The van der Waals surface area contributed by atoms with Crippen molar-refractivity contribution in [1.82, 2.24) is 0 Å². The summed E-state index contributed by atoms with van der Waals surface area (Å²) >= 11 is 0. The molecule has 0 aliphatic rings. The van der Waals surface area contributed by atoms with E-state index in [1.54, 1.807) is 18.2 Å². The lowest BCUT2D eigenvalue weighted by molar-refractivity contribution is 0.275. The first-order chi connectivity index (χ1) is 9.69. The molecule has 0 aromatic heterocycles. The lowest BCUT2D eigenvalue weighted by atomic mass is 10.2. The molecule has 0 spiro atoms. The SMILES string of the molecule is COc1ccc(OCc2ccccc2)cc1OB(O)O. The van der Waals surface area contributed by atoms with Crippen LogP contribution in [0.25, 0.3) is 0 Å². The molecule has 0 saturated carbocycles. The molecule has 2 N–H and O–H groups in total. The number of benzene rings is 2. The molecule has 0 saturated heterocycles. The van der Waals surface area contributed by atoms with Crippen LogP contribution in [0.3, 0.4) is 0 Å². The maximum absolute atomic E-state index is 8.86. The molecule has 0 bridgehead atoms. The maximum Gasteiger partial charge on any atom is 0.707 e. The highest BCUT2D eigenvalue weighted by Gasteiger charge is 2.15. The molecule has 20 heavy (non-hydrogen) atoms. The fourth-order valence-electron chi connectivity index (χ4n) is 1.69. The predicted octanol–water partition coefficient (Wildman–Crippen LogP) is 1.62. The van der Waals surface area contributed by atoms with Crippen LogP contribution >= 0.6 is 0 Å². The van der Waals surface area contributed by atoms with Gasteiger partial charge in [-0.25, -0.2) is 0 Å². The Labute approximate surface area is 117 Å². The number of rotatable bonds is 6. The first-order valence-electron chi connectivity index (χ1n) is 6.06. The van der Waals surface area contributed by atoms with Crippen LogP contribution in [0, 0.1) is 0 Å².